The van der Waals surface area contributed by atoms with E-state index in [0.29, 0.717) is 0 Å². The third-order valence-corrected chi connectivity index (χ3v) is 0.196. The van der Waals surface area contributed by atoms with E-state index in [2.05, 4.69) is 20.8 Å². The molecule has 5 heteroatoms. The Kier molecular flexibility index (Phi) is 3.69. The van der Waals surface area contributed by atoms with E-state index in [4.69, 9.17) is 5.53 Å². The van der Waals surface area contributed by atoms with Gasteiger partial charge in [0.25, 0.3) is 0 Å². The lowest BCUT2D eigenvalue weighted by atomic mass is 11.4. The van der Waals surface area contributed by atoms with E-state index < -0.39 is 0 Å². The lowest BCUT2D eigenvalue weighted by Crippen LogP contribution is -1.95. The highest BCUT2D eigenvalue weighted by molar-refractivity contribution is 4.34. The molecule has 34 valence electrons. The van der Waals surface area contributed by atoms with E-state index in [9.17, 15) is 0 Å². The van der Waals surface area contributed by atoms with Crippen molar-refractivity contribution in [2.75, 3.05) is 6.73 Å². The summed E-state index contributed by atoms with van der Waals surface area (Å²) in [7, 11) is 0. The maximum atomic E-state index is 7.52. The zero-order valence-electron chi connectivity index (χ0n) is 3.03. The minimum atomic E-state index is -0.101. The smallest absolute Gasteiger partial charge is 0.147 e. The molecular weight excluding hydrogens is 84.0 g/mol. The number of hydrogen-bond acceptors (Lipinski definition) is 3. The molecule has 0 saturated carbocycles. The first kappa shape index (κ1) is 5.23. The van der Waals surface area contributed by atoms with Crippen LogP contribution in [0.2, 0.25) is 0 Å². The fourth-order valence-electron chi connectivity index (χ4n) is 0.0592. The molecule has 0 radical (unpaired) electrons. The molecule has 0 fully saturated rings. The van der Waals surface area contributed by atoms with Gasteiger partial charge in [0.05, 0.1) is 0 Å². The number of nitrogens with zero attached hydrogens (tertiary/aromatic N) is 3. The minimum Gasteiger partial charge on any atom is -0.299 e. The summed E-state index contributed by atoms with van der Waals surface area (Å²) in [6, 6.07) is 0. The molecule has 5 nitrogen and oxygen atoms in total. The predicted octanol–water partition coefficient (Wildman–Crippen LogP) is 0.145. The Morgan fingerprint density at radius 3 is 2.83 bits per heavy atom. The average Bonchev–Trinajstić information content (AvgIpc) is 1.61. The van der Waals surface area contributed by atoms with Crippen molar-refractivity contribution in [2.45, 2.75) is 0 Å². The van der Waals surface area contributed by atoms with Crippen molar-refractivity contribution in [2.24, 2.45) is 11.0 Å². The summed E-state index contributed by atoms with van der Waals surface area (Å²) in [4.78, 5) is 6.21. The molecule has 0 bridgehead atoms. The molecule has 0 aromatic carbocycles. The molecule has 0 aromatic heterocycles. The Labute approximate surface area is 34.3 Å². The van der Waals surface area contributed by atoms with Gasteiger partial charge in [-0.3, -0.25) is 4.84 Å². The first-order chi connectivity index (χ1) is 2.91. The van der Waals surface area contributed by atoms with Crippen molar-refractivity contribution in [1.82, 2.24) is 0 Å². The molecule has 0 aliphatic carbocycles. The van der Waals surface area contributed by atoms with Gasteiger partial charge in [0.1, 0.15) is 6.73 Å². The fourth-order valence-corrected chi connectivity index (χ4v) is 0.0592. The van der Waals surface area contributed by atoms with Gasteiger partial charge < -0.3 is 0 Å². The first-order valence-corrected chi connectivity index (χ1v) is 1.24. The molecule has 0 saturated heterocycles. The molecule has 0 unspecified atom stereocenters. The van der Waals surface area contributed by atoms with Crippen molar-refractivity contribution >= 4 is 0 Å². The molecular formula is CH4N4O. The second-order valence-electron chi connectivity index (χ2n) is 0.527. The van der Waals surface area contributed by atoms with E-state index in [0.717, 1.165) is 0 Å². The van der Waals surface area contributed by atoms with E-state index in [-0.39, 0.29) is 6.73 Å². The lowest BCUT2D eigenvalue weighted by Gasteiger charge is -1.77. The molecule has 0 heterocycles. The van der Waals surface area contributed by atoms with Crippen LogP contribution >= 0.6 is 0 Å². The summed E-state index contributed by atoms with van der Waals surface area (Å²) in [6.45, 7) is -0.101. The van der Waals surface area contributed by atoms with E-state index in [1.54, 1.807) is 0 Å². The molecule has 0 aromatic rings. The van der Waals surface area contributed by atoms with Gasteiger partial charge in [-0.2, -0.15) is 0 Å². The van der Waals surface area contributed by atoms with Crippen molar-refractivity contribution in [3.8, 4) is 0 Å². The molecule has 0 aliphatic heterocycles. The van der Waals surface area contributed by atoms with Gasteiger partial charge in [-0.1, -0.05) is 5.11 Å². The van der Waals surface area contributed by atoms with Crippen molar-refractivity contribution in [1.29, 1.82) is 0 Å². The summed E-state index contributed by atoms with van der Waals surface area (Å²) in [5.41, 5.74) is 7.52. The zero-order chi connectivity index (χ0) is 4.83. The summed E-state index contributed by atoms with van der Waals surface area (Å²) in [5, 5.41) is 2.92. The van der Waals surface area contributed by atoms with Gasteiger partial charge in [0, 0.05) is 4.91 Å². The van der Waals surface area contributed by atoms with Crippen LogP contribution in [0.25, 0.3) is 10.4 Å². The van der Waals surface area contributed by atoms with Crippen LogP contribution in [0.1, 0.15) is 0 Å². The van der Waals surface area contributed by atoms with Gasteiger partial charge in [-0.25, -0.2) is 5.90 Å². The van der Waals surface area contributed by atoms with Gasteiger partial charge in [0.2, 0.25) is 0 Å². The Balaban J connectivity index is 2.86. The molecule has 0 amide bonds. The fraction of sp³-hybridized carbons (Fsp3) is 1.00. The number of hydrogen-bond donors (Lipinski definition) is 1. The maximum Gasteiger partial charge on any atom is 0.147 e. The Hall–Kier alpha value is -0.770. The van der Waals surface area contributed by atoms with Gasteiger partial charge in [0.15, 0.2) is 0 Å². The standard InChI is InChI=1S/CH4N4O/c2-5-4-1-6-3/h1,3H2. The van der Waals surface area contributed by atoms with Gasteiger partial charge >= 0.3 is 0 Å². The topological polar surface area (TPSA) is 84.0 Å². The van der Waals surface area contributed by atoms with Crippen LogP contribution in [0.4, 0.5) is 0 Å². The van der Waals surface area contributed by atoms with Crippen molar-refractivity contribution in [3.05, 3.63) is 10.4 Å². The van der Waals surface area contributed by atoms with Crippen molar-refractivity contribution < 1.29 is 4.84 Å². The Bertz CT molecular complexity index is 63.9. The molecule has 6 heavy (non-hydrogen) atoms. The monoisotopic (exact) mass is 88.0 g/mol. The number of nitrogens with two attached hydrogens (primary N) is 1. The lowest BCUT2D eigenvalue weighted by molar-refractivity contribution is 0.145. The predicted molar refractivity (Wildman–Crippen MR) is 19.3 cm³/mol. The maximum absolute atomic E-state index is 7.52. The highest BCUT2D eigenvalue weighted by atomic mass is 16.6. The summed E-state index contributed by atoms with van der Waals surface area (Å²) in [5.74, 6) is 4.45. The van der Waals surface area contributed by atoms with Crippen LogP contribution in [0.5, 0.6) is 0 Å². The highest BCUT2D eigenvalue weighted by Crippen LogP contribution is 1.63. The second-order valence-corrected chi connectivity index (χ2v) is 0.527. The third kappa shape index (κ3) is 3.23. The molecule has 2 N–H and O–H groups in total. The van der Waals surface area contributed by atoms with E-state index in [1.807, 2.05) is 0 Å². The third-order valence-electron chi connectivity index (χ3n) is 0.196. The normalized spacial score (nSPS) is 6.83. The Morgan fingerprint density at radius 1 is 2.00 bits per heavy atom. The highest BCUT2D eigenvalue weighted by Gasteiger charge is 1.63. The van der Waals surface area contributed by atoms with E-state index in [1.165, 1.54) is 0 Å². The van der Waals surface area contributed by atoms with E-state index >= 15 is 0 Å². The number of azide groups is 1. The molecule has 0 atom stereocenters. The van der Waals surface area contributed by atoms with Crippen molar-refractivity contribution in [3.63, 3.8) is 0 Å². The van der Waals surface area contributed by atoms with Gasteiger partial charge in [-0.05, 0) is 5.53 Å². The summed E-state index contributed by atoms with van der Waals surface area (Å²) < 4.78 is 0. The summed E-state index contributed by atoms with van der Waals surface area (Å²) in [6.07, 6.45) is 0. The van der Waals surface area contributed by atoms with Crippen LogP contribution in [-0.2, 0) is 4.84 Å². The zero-order valence-corrected chi connectivity index (χ0v) is 3.03. The number of rotatable bonds is 2. The largest absolute Gasteiger partial charge is 0.299 e. The first-order valence-electron chi connectivity index (χ1n) is 1.24. The molecule has 0 spiro atoms. The average molecular weight is 88.1 g/mol. The second kappa shape index (κ2) is 4.23. The summed E-state index contributed by atoms with van der Waals surface area (Å²) >= 11 is 0. The van der Waals surface area contributed by atoms with Crippen LogP contribution in [0, 0.1) is 0 Å². The van der Waals surface area contributed by atoms with Crippen LogP contribution in [0.3, 0.4) is 0 Å². The minimum absolute atomic E-state index is 0.101. The van der Waals surface area contributed by atoms with Crippen LogP contribution in [-0.4, -0.2) is 6.73 Å². The van der Waals surface area contributed by atoms with Gasteiger partial charge in [-0.15, -0.1) is 0 Å². The van der Waals surface area contributed by atoms with Crippen LogP contribution < -0.4 is 5.90 Å². The SMILES string of the molecule is [N-]=[N+]=NCON. The molecule has 0 aliphatic rings. The Morgan fingerprint density at radius 2 is 2.67 bits per heavy atom. The van der Waals surface area contributed by atoms with Crippen LogP contribution in [0.15, 0.2) is 5.11 Å². The quantitative estimate of drug-likeness (QED) is 0.225. The molecule has 0 rings (SSSR count).